The first kappa shape index (κ1) is 18.6. The number of nitrogens with zero attached hydrogens (tertiary/aromatic N) is 2. The Morgan fingerprint density at radius 2 is 1.86 bits per heavy atom. The van der Waals surface area contributed by atoms with Crippen molar-refractivity contribution >= 4 is 11.9 Å². The molecule has 6 nitrogen and oxygen atoms in total. The second-order valence-electron chi connectivity index (χ2n) is 7.44. The summed E-state index contributed by atoms with van der Waals surface area (Å²) in [5, 5.41) is 6.32. The van der Waals surface area contributed by atoms with Crippen LogP contribution in [0.1, 0.15) is 24.1 Å². The minimum atomic E-state index is -1.01. The lowest BCUT2D eigenvalue weighted by molar-refractivity contribution is -0.134. The molecular weight excluding hydrogens is 359 g/mol. The number of pyridine rings is 1. The van der Waals surface area contributed by atoms with E-state index in [1.807, 2.05) is 6.07 Å². The molecule has 3 heterocycles. The number of carbonyl (C=O) groups is 2. The van der Waals surface area contributed by atoms with E-state index in [-0.39, 0.29) is 24.2 Å². The van der Waals surface area contributed by atoms with Crippen molar-refractivity contribution in [3.8, 4) is 0 Å². The molecule has 1 aromatic carbocycles. The number of hydrogen-bond acceptors (Lipinski definition) is 4. The van der Waals surface area contributed by atoms with E-state index in [1.165, 1.54) is 17.0 Å². The molecule has 2 N–H and O–H groups in total. The van der Waals surface area contributed by atoms with Crippen molar-refractivity contribution in [2.75, 3.05) is 13.1 Å². The van der Waals surface area contributed by atoms with Crippen molar-refractivity contribution in [2.45, 2.75) is 31.3 Å². The number of urea groups is 1. The fraction of sp³-hybridized carbons (Fsp3) is 0.381. The van der Waals surface area contributed by atoms with Gasteiger partial charge in [-0.25, -0.2) is 9.18 Å². The molecule has 146 valence electrons. The Morgan fingerprint density at radius 3 is 2.54 bits per heavy atom. The molecule has 4 rings (SSSR count). The molecular formula is C21H23FN4O2. The van der Waals surface area contributed by atoms with Gasteiger partial charge in [0.05, 0.1) is 12.2 Å². The normalized spacial score (nSPS) is 23.1. The predicted molar refractivity (Wildman–Crippen MR) is 102 cm³/mol. The van der Waals surface area contributed by atoms with Gasteiger partial charge in [-0.1, -0.05) is 18.2 Å². The topological polar surface area (TPSA) is 74.3 Å². The van der Waals surface area contributed by atoms with E-state index in [1.54, 1.807) is 30.5 Å². The highest BCUT2D eigenvalue weighted by Gasteiger charge is 2.55. The van der Waals surface area contributed by atoms with E-state index in [9.17, 15) is 14.0 Å². The third-order valence-electron chi connectivity index (χ3n) is 5.68. The zero-order valence-electron chi connectivity index (χ0n) is 15.5. The molecule has 1 atom stereocenters. The maximum atomic E-state index is 13.5. The molecule has 0 bridgehead atoms. The Kier molecular flexibility index (Phi) is 5.09. The summed E-state index contributed by atoms with van der Waals surface area (Å²) in [5.41, 5.74) is 0.480. The Balaban J connectivity index is 1.65. The van der Waals surface area contributed by atoms with E-state index >= 15 is 0 Å². The first-order valence-electron chi connectivity index (χ1n) is 9.58. The molecule has 2 saturated heterocycles. The second kappa shape index (κ2) is 7.67. The van der Waals surface area contributed by atoms with Crippen LogP contribution in [0.4, 0.5) is 9.18 Å². The third kappa shape index (κ3) is 3.49. The molecule has 2 aromatic rings. The van der Waals surface area contributed by atoms with Crippen LogP contribution < -0.4 is 10.6 Å². The van der Waals surface area contributed by atoms with Gasteiger partial charge in [-0.15, -0.1) is 0 Å². The second-order valence-corrected chi connectivity index (χ2v) is 7.44. The number of imide groups is 1. The van der Waals surface area contributed by atoms with E-state index in [0.717, 1.165) is 31.5 Å². The molecule has 0 aliphatic carbocycles. The molecule has 28 heavy (non-hydrogen) atoms. The number of amides is 3. The van der Waals surface area contributed by atoms with Gasteiger partial charge < -0.3 is 10.6 Å². The summed E-state index contributed by atoms with van der Waals surface area (Å²) < 4.78 is 13.3. The zero-order valence-corrected chi connectivity index (χ0v) is 15.5. The van der Waals surface area contributed by atoms with E-state index in [4.69, 9.17) is 0 Å². The fourth-order valence-electron chi connectivity index (χ4n) is 4.22. The Bertz CT molecular complexity index is 852. The van der Waals surface area contributed by atoms with Crippen LogP contribution >= 0.6 is 0 Å². The van der Waals surface area contributed by atoms with Gasteiger partial charge in [0.15, 0.2) is 0 Å². The van der Waals surface area contributed by atoms with Crippen LogP contribution in [0.15, 0.2) is 48.7 Å². The summed E-state index contributed by atoms with van der Waals surface area (Å²) in [7, 11) is 0. The number of nitrogens with one attached hydrogen (secondary N) is 2. The largest absolute Gasteiger partial charge is 0.325 e. The van der Waals surface area contributed by atoms with Crippen LogP contribution in [0.25, 0.3) is 0 Å². The highest BCUT2D eigenvalue weighted by atomic mass is 19.1. The van der Waals surface area contributed by atoms with Crippen LogP contribution in [0.5, 0.6) is 0 Å². The summed E-state index contributed by atoms with van der Waals surface area (Å²) in [5.74, 6) is -0.526. The van der Waals surface area contributed by atoms with E-state index < -0.39 is 11.6 Å². The van der Waals surface area contributed by atoms with Gasteiger partial charge in [0.25, 0.3) is 5.91 Å². The average molecular weight is 382 g/mol. The fourth-order valence-corrected chi connectivity index (χ4v) is 4.22. The quantitative estimate of drug-likeness (QED) is 0.778. The summed E-state index contributed by atoms with van der Waals surface area (Å²) in [4.78, 5) is 31.8. The van der Waals surface area contributed by atoms with Crippen LogP contribution in [0, 0.1) is 11.7 Å². The standard InChI is InChI=1S/C21H23FN4O2/c22-17-6-4-15(5-7-17)13-21(16-8-11-23-12-9-16)19(27)26(20(28)25-21)14-18-3-1-2-10-24-18/h1-7,10,16,23H,8-9,11-14H2,(H,25,28)/t21-/m0/s1. The van der Waals surface area contributed by atoms with E-state index in [0.29, 0.717) is 12.1 Å². The number of piperidine rings is 1. The van der Waals surface area contributed by atoms with E-state index in [2.05, 4.69) is 15.6 Å². The first-order chi connectivity index (χ1) is 13.6. The first-order valence-corrected chi connectivity index (χ1v) is 9.58. The average Bonchev–Trinajstić information content (AvgIpc) is 2.96. The van der Waals surface area contributed by atoms with Crippen LogP contribution in [-0.2, 0) is 17.8 Å². The number of aromatic nitrogens is 1. The lowest BCUT2D eigenvalue weighted by Gasteiger charge is -2.38. The molecule has 2 aliphatic heterocycles. The summed E-state index contributed by atoms with van der Waals surface area (Å²) in [6.45, 7) is 1.75. The number of halogens is 1. The molecule has 1 aromatic heterocycles. The Morgan fingerprint density at radius 1 is 1.11 bits per heavy atom. The minimum Gasteiger partial charge on any atom is -0.322 e. The molecule has 3 amide bonds. The third-order valence-corrected chi connectivity index (χ3v) is 5.68. The smallest absolute Gasteiger partial charge is 0.322 e. The zero-order chi connectivity index (χ0) is 19.6. The molecule has 2 aliphatic rings. The maximum absolute atomic E-state index is 13.5. The van der Waals surface area contributed by atoms with Gasteiger partial charge >= 0.3 is 6.03 Å². The van der Waals surface area contributed by atoms with Crippen molar-refractivity contribution in [3.63, 3.8) is 0 Å². The molecule has 0 spiro atoms. The van der Waals surface area contributed by atoms with Gasteiger partial charge in [0, 0.05) is 12.6 Å². The summed E-state index contributed by atoms with van der Waals surface area (Å²) in [6, 6.07) is 11.2. The SMILES string of the molecule is O=C1N[C@@](Cc2ccc(F)cc2)(C2CCNCC2)C(=O)N1Cc1ccccn1. The number of benzene rings is 1. The molecule has 0 radical (unpaired) electrons. The predicted octanol–water partition coefficient (Wildman–Crippen LogP) is 2.25. The van der Waals surface area contributed by atoms with Gasteiger partial charge in [0.1, 0.15) is 11.4 Å². The highest BCUT2D eigenvalue weighted by molar-refractivity contribution is 6.07. The van der Waals surface area contributed by atoms with Crippen molar-refractivity contribution in [3.05, 3.63) is 65.7 Å². The van der Waals surface area contributed by atoms with Crippen molar-refractivity contribution in [1.29, 1.82) is 0 Å². The van der Waals surface area contributed by atoms with Crippen molar-refractivity contribution in [2.24, 2.45) is 5.92 Å². The van der Waals surface area contributed by atoms with Gasteiger partial charge in [-0.05, 0) is 61.7 Å². The number of hydrogen-bond donors (Lipinski definition) is 2. The molecule has 7 heteroatoms. The van der Waals surface area contributed by atoms with Crippen LogP contribution in [0.2, 0.25) is 0 Å². The Hall–Kier alpha value is -2.80. The van der Waals surface area contributed by atoms with Crippen LogP contribution in [0.3, 0.4) is 0 Å². The number of rotatable bonds is 5. The monoisotopic (exact) mass is 382 g/mol. The minimum absolute atomic E-state index is 0.0176. The maximum Gasteiger partial charge on any atom is 0.325 e. The van der Waals surface area contributed by atoms with Crippen molar-refractivity contribution in [1.82, 2.24) is 20.5 Å². The van der Waals surface area contributed by atoms with Gasteiger partial charge in [-0.3, -0.25) is 14.7 Å². The van der Waals surface area contributed by atoms with Gasteiger partial charge in [0.2, 0.25) is 0 Å². The van der Waals surface area contributed by atoms with Crippen molar-refractivity contribution < 1.29 is 14.0 Å². The molecule has 2 fully saturated rings. The van der Waals surface area contributed by atoms with Gasteiger partial charge in [-0.2, -0.15) is 0 Å². The summed E-state index contributed by atoms with van der Waals surface area (Å²) >= 11 is 0. The molecule has 0 saturated carbocycles. The number of carbonyl (C=O) groups excluding carboxylic acids is 2. The van der Waals surface area contributed by atoms with Crippen LogP contribution in [-0.4, -0.2) is 40.5 Å². The molecule has 0 unspecified atom stereocenters. The Labute approximate surface area is 163 Å². The highest BCUT2D eigenvalue weighted by Crippen LogP contribution is 2.35. The lowest BCUT2D eigenvalue weighted by atomic mass is 9.74. The lowest BCUT2D eigenvalue weighted by Crippen LogP contribution is -2.57. The summed E-state index contributed by atoms with van der Waals surface area (Å²) in [6.07, 6.45) is 3.59.